The van der Waals surface area contributed by atoms with Crippen molar-refractivity contribution in [2.45, 2.75) is 13.0 Å². The van der Waals surface area contributed by atoms with Gasteiger partial charge in [-0.2, -0.15) is 0 Å². The third-order valence-electron chi connectivity index (χ3n) is 4.04. The first kappa shape index (κ1) is 20.7. The Morgan fingerprint density at radius 2 is 1.79 bits per heavy atom. The van der Waals surface area contributed by atoms with E-state index in [1.54, 1.807) is 48.5 Å². The van der Waals surface area contributed by atoms with Crippen molar-refractivity contribution in [2.75, 3.05) is 4.90 Å². The predicted octanol–water partition coefficient (Wildman–Crippen LogP) is 3.13. The van der Waals surface area contributed by atoms with Gasteiger partial charge in [-0.15, -0.1) is 0 Å². The number of hydrogen-bond donors (Lipinski definition) is 2. The van der Waals surface area contributed by atoms with Crippen LogP contribution in [0.1, 0.15) is 12.5 Å². The Balaban J connectivity index is 1.86. The van der Waals surface area contributed by atoms with Crippen molar-refractivity contribution in [3.05, 3.63) is 64.1 Å². The van der Waals surface area contributed by atoms with Gasteiger partial charge in [0.25, 0.3) is 11.8 Å². The van der Waals surface area contributed by atoms with E-state index in [1.807, 2.05) is 0 Å². The van der Waals surface area contributed by atoms with Gasteiger partial charge in [0.05, 0.1) is 5.69 Å². The van der Waals surface area contributed by atoms with Crippen LogP contribution in [0.5, 0.6) is 5.75 Å². The highest BCUT2D eigenvalue weighted by Gasteiger charge is 2.34. The normalized spacial score (nSPS) is 16.6. The minimum atomic E-state index is -1.08. The lowest BCUT2D eigenvalue weighted by molar-refractivity contribution is -0.144. The molecule has 1 aliphatic heterocycles. The summed E-state index contributed by atoms with van der Waals surface area (Å²) in [5, 5.41) is 11.4. The zero-order chi connectivity index (χ0) is 21.1. The number of carboxylic acid groups (broad SMARTS) is 1. The van der Waals surface area contributed by atoms with Gasteiger partial charge in [-0.25, -0.2) is 4.79 Å². The molecule has 7 nitrogen and oxygen atoms in total. The standard InChI is InChI=1S/C20H15BrN2O5S/c1-11(19(26)27)28-15-8-2-12(3-9-15)10-16-17(24)22-20(29)23(18(16)25)14-6-4-13(21)5-7-14/h2-11H,1H3,(H,26,27)(H,22,24,29)/b16-10+/t11-/m0/s1. The molecule has 1 fully saturated rings. The number of nitrogens with zero attached hydrogens (tertiary/aromatic N) is 1. The van der Waals surface area contributed by atoms with Crippen LogP contribution in [-0.4, -0.2) is 34.1 Å². The highest BCUT2D eigenvalue weighted by molar-refractivity contribution is 9.10. The van der Waals surface area contributed by atoms with Crippen LogP contribution in [0.2, 0.25) is 0 Å². The molecule has 2 N–H and O–H groups in total. The smallest absolute Gasteiger partial charge is 0.344 e. The molecule has 2 aromatic rings. The first-order valence-corrected chi connectivity index (χ1v) is 9.63. The van der Waals surface area contributed by atoms with Crippen LogP contribution in [0.25, 0.3) is 6.08 Å². The number of rotatable bonds is 5. The molecule has 148 valence electrons. The molecule has 1 saturated heterocycles. The fraction of sp³-hybridized carbons (Fsp3) is 0.100. The lowest BCUT2D eigenvalue weighted by atomic mass is 10.1. The lowest BCUT2D eigenvalue weighted by Gasteiger charge is -2.29. The van der Waals surface area contributed by atoms with E-state index in [0.29, 0.717) is 17.0 Å². The minimum Gasteiger partial charge on any atom is -0.479 e. The van der Waals surface area contributed by atoms with Crippen LogP contribution in [0, 0.1) is 0 Å². The number of aliphatic carboxylic acids is 1. The molecule has 1 aliphatic rings. The van der Waals surface area contributed by atoms with Crippen molar-refractivity contribution in [1.29, 1.82) is 0 Å². The van der Waals surface area contributed by atoms with Gasteiger partial charge in [-0.1, -0.05) is 28.1 Å². The largest absolute Gasteiger partial charge is 0.479 e. The number of anilines is 1. The highest BCUT2D eigenvalue weighted by atomic mass is 79.9. The second-order valence-corrected chi connectivity index (χ2v) is 7.40. The Labute approximate surface area is 180 Å². The van der Waals surface area contributed by atoms with Crippen molar-refractivity contribution in [3.8, 4) is 5.75 Å². The molecule has 1 heterocycles. The number of carbonyl (C=O) groups is 3. The summed E-state index contributed by atoms with van der Waals surface area (Å²) in [7, 11) is 0. The number of nitrogens with one attached hydrogen (secondary N) is 1. The van der Waals surface area contributed by atoms with Crippen molar-refractivity contribution in [2.24, 2.45) is 0 Å². The van der Waals surface area contributed by atoms with Crippen molar-refractivity contribution < 1.29 is 24.2 Å². The van der Waals surface area contributed by atoms with Crippen molar-refractivity contribution in [3.63, 3.8) is 0 Å². The summed E-state index contributed by atoms with van der Waals surface area (Å²) in [6.07, 6.45) is 0.445. The number of thiocarbonyl (C=S) groups is 1. The van der Waals surface area contributed by atoms with Crippen LogP contribution in [0.3, 0.4) is 0 Å². The number of carbonyl (C=O) groups excluding carboxylic acids is 2. The highest BCUT2D eigenvalue weighted by Crippen LogP contribution is 2.24. The fourth-order valence-electron chi connectivity index (χ4n) is 2.55. The summed E-state index contributed by atoms with van der Waals surface area (Å²) in [5.41, 5.74) is 1.02. The molecule has 0 unspecified atom stereocenters. The molecule has 1 atom stereocenters. The topological polar surface area (TPSA) is 95.9 Å². The Morgan fingerprint density at radius 3 is 2.38 bits per heavy atom. The third kappa shape index (κ3) is 4.69. The van der Waals surface area contributed by atoms with Crippen LogP contribution in [-0.2, 0) is 14.4 Å². The minimum absolute atomic E-state index is 0.00544. The summed E-state index contributed by atoms with van der Waals surface area (Å²) in [6.45, 7) is 1.42. The molecule has 29 heavy (non-hydrogen) atoms. The van der Waals surface area contributed by atoms with Gasteiger partial charge in [0, 0.05) is 4.47 Å². The van der Waals surface area contributed by atoms with E-state index in [2.05, 4.69) is 21.2 Å². The summed E-state index contributed by atoms with van der Waals surface area (Å²) in [6, 6.07) is 13.3. The molecular weight excluding hydrogens is 460 g/mol. The van der Waals surface area contributed by atoms with E-state index in [9.17, 15) is 14.4 Å². The average Bonchev–Trinajstić information content (AvgIpc) is 2.67. The van der Waals surface area contributed by atoms with Crippen molar-refractivity contribution >= 4 is 62.8 Å². The van der Waals surface area contributed by atoms with Crippen LogP contribution >= 0.6 is 28.1 Å². The quantitative estimate of drug-likeness (QED) is 0.392. The average molecular weight is 475 g/mol. The fourth-order valence-corrected chi connectivity index (χ4v) is 3.09. The first-order chi connectivity index (χ1) is 13.8. The monoisotopic (exact) mass is 474 g/mol. The molecule has 3 rings (SSSR count). The van der Waals surface area contributed by atoms with E-state index >= 15 is 0 Å². The Bertz CT molecular complexity index is 1020. The van der Waals surface area contributed by atoms with Gasteiger partial charge in [0.15, 0.2) is 11.2 Å². The maximum Gasteiger partial charge on any atom is 0.344 e. The predicted molar refractivity (Wildman–Crippen MR) is 115 cm³/mol. The SMILES string of the molecule is C[C@H](Oc1ccc(/C=C2\C(=O)NC(=S)N(c3ccc(Br)cc3)C2=O)cc1)C(=O)O. The van der Waals surface area contributed by atoms with Gasteiger partial charge >= 0.3 is 5.97 Å². The molecule has 0 aliphatic carbocycles. The second kappa shape index (κ2) is 8.54. The van der Waals surface area contributed by atoms with Gasteiger partial charge in [0.2, 0.25) is 0 Å². The number of benzene rings is 2. The number of halogens is 1. The molecule has 0 saturated carbocycles. The molecule has 2 amide bonds. The Hall–Kier alpha value is -3.04. The first-order valence-electron chi connectivity index (χ1n) is 8.43. The molecule has 0 radical (unpaired) electrons. The van der Waals surface area contributed by atoms with E-state index in [0.717, 1.165) is 4.47 Å². The summed E-state index contributed by atoms with van der Waals surface area (Å²) < 4.78 is 6.11. The number of amides is 2. The number of carboxylic acids is 1. The molecule has 9 heteroatoms. The van der Waals surface area contributed by atoms with E-state index < -0.39 is 23.9 Å². The summed E-state index contributed by atoms with van der Waals surface area (Å²) in [5.74, 6) is -1.85. The zero-order valence-electron chi connectivity index (χ0n) is 15.1. The van der Waals surface area contributed by atoms with E-state index in [4.69, 9.17) is 22.1 Å². The lowest BCUT2D eigenvalue weighted by Crippen LogP contribution is -2.54. The number of hydrogen-bond acceptors (Lipinski definition) is 5. The molecule has 0 aromatic heterocycles. The molecule has 0 bridgehead atoms. The maximum absolute atomic E-state index is 12.9. The number of ether oxygens (including phenoxy) is 1. The molecular formula is C20H15BrN2O5S. The van der Waals surface area contributed by atoms with Crippen LogP contribution < -0.4 is 15.0 Å². The van der Waals surface area contributed by atoms with Crippen LogP contribution in [0.15, 0.2) is 58.6 Å². The third-order valence-corrected chi connectivity index (χ3v) is 4.85. The van der Waals surface area contributed by atoms with Crippen LogP contribution in [0.4, 0.5) is 5.69 Å². The maximum atomic E-state index is 12.9. The zero-order valence-corrected chi connectivity index (χ0v) is 17.5. The van der Waals surface area contributed by atoms with Gasteiger partial charge in [-0.3, -0.25) is 19.8 Å². The molecule has 0 spiro atoms. The second-order valence-electron chi connectivity index (χ2n) is 6.10. The molecule has 2 aromatic carbocycles. The summed E-state index contributed by atoms with van der Waals surface area (Å²) >= 11 is 8.50. The Morgan fingerprint density at radius 1 is 1.17 bits per heavy atom. The Kier molecular flexibility index (Phi) is 6.09. The van der Waals surface area contributed by atoms with E-state index in [1.165, 1.54) is 17.9 Å². The van der Waals surface area contributed by atoms with E-state index in [-0.39, 0.29) is 10.7 Å². The summed E-state index contributed by atoms with van der Waals surface area (Å²) in [4.78, 5) is 37.4. The van der Waals surface area contributed by atoms with Gasteiger partial charge < -0.3 is 9.84 Å². The van der Waals surface area contributed by atoms with Gasteiger partial charge in [0.1, 0.15) is 11.3 Å². The van der Waals surface area contributed by atoms with Crippen molar-refractivity contribution in [1.82, 2.24) is 5.32 Å². The van der Waals surface area contributed by atoms with Gasteiger partial charge in [-0.05, 0) is 67.2 Å².